The molecule has 86 heavy (non-hydrogen) atoms. The zero-order valence-corrected chi connectivity index (χ0v) is 48.7. The van der Waals surface area contributed by atoms with E-state index in [2.05, 4.69) is 198 Å². The Kier molecular flexibility index (Phi) is 11.7. The molecule has 0 amide bonds. The standard InChI is InChI=1S/C78H46N4O2S2/c1-43-13-21-51(22-14-43)77(52-23-15-44(2)16-24-52)67-35-64-62-32-48-30-56(34-66-74(50(41-81)42-82)58-10-6-8-12-60(58)76(66)84)86-72(48)38-70(62)78(53-25-17-45(3)18-26-53,54-27-19-46(4)20-28-54)68(64)36-63(67)61-31-47-29-55(85-71(47)37-69(61)77)33-65-73(49(39-79)40-80)57-9-5-7-11-59(57)75(65)83/h5-38H,1-4H3/b65-33-,66-34-. The lowest BCUT2D eigenvalue weighted by Crippen LogP contribution is -2.30. The van der Waals surface area contributed by atoms with E-state index in [0.29, 0.717) is 44.5 Å². The second-order valence-corrected chi connectivity index (χ2v) is 25.1. The largest absolute Gasteiger partial charge is 0.289 e. The van der Waals surface area contributed by atoms with Gasteiger partial charge in [-0.1, -0.05) is 168 Å². The van der Waals surface area contributed by atoms with Crippen molar-refractivity contribution in [3.05, 3.63) is 315 Å². The lowest BCUT2D eigenvalue weighted by atomic mass is 9.65. The second-order valence-electron chi connectivity index (χ2n) is 22.9. The molecule has 0 radical (unpaired) electrons. The highest BCUT2D eigenvalue weighted by atomic mass is 32.1. The van der Waals surface area contributed by atoms with Gasteiger partial charge < -0.3 is 0 Å². The SMILES string of the molecule is Cc1ccc(C2(c3ccc(C)cc3)c3cc4c(cc3-c3cc5cc(/C=C6\C(=O)c7ccccc7C6=C(C#N)C#N)sc5cc32)C(c2ccc(C)cc2)(c2ccc(C)cc2)c2cc3sc(/C=C5\C(=O)c6ccccc6C5=C(C#N)C#N)cc3cc2-4)cc1. The van der Waals surface area contributed by atoms with Crippen LogP contribution in [0.25, 0.3) is 65.7 Å². The lowest BCUT2D eigenvalue weighted by molar-refractivity contribution is 0.103. The first-order chi connectivity index (χ1) is 41.9. The molecule has 8 heteroatoms. The van der Waals surface area contributed by atoms with Gasteiger partial charge in [-0.15, -0.1) is 22.7 Å². The van der Waals surface area contributed by atoms with Crippen LogP contribution in [0.2, 0.25) is 0 Å². The summed E-state index contributed by atoms with van der Waals surface area (Å²) >= 11 is 3.18. The highest BCUT2D eigenvalue weighted by Gasteiger charge is 2.52. The van der Waals surface area contributed by atoms with Crippen molar-refractivity contribution in [1.29, 1.82) is 21.0 Å². The minimum atomic E-state index is -0.821. The van der Waals surface area contributed by atoms with Gasteiger partial charge in [-0.05, 0) is 177 Å². The number of Topliss-reactive ketones (excluding diaryl/α,β-unsaturated/α-hetero) is 2. The molecule has 2 heterocycles. The molecule has 6 nitrogen and oxygen atoms in total. The van der Waals surface area contributed by atoms with E-state index in [-0.39, 0.29) is 22.7 Å². The molecule has 4 aliphatic rings. The molecule has 0 saturated heterocycles. The number of hydrogen-bond acceptors (Lipinski definition) is 8. The molecular formula is C78H46N4O2S2. The number of benzene rings is 9. The molecule has 0 unspecified atom stereocenters. The fourth-order valence-corrected chi connectivity index (χ4v) is 16.2. The summed E-state index contributed by atoms with van der Waals surface area (Å²) in [6.07, 6.45) is 3.72. The zero-order chi connectivity index (χ0) is 58.9. The zero-order valence-electron chi connectivity index (χ0n) is 47.1. The minimum absolute atomic E-state index is 0.0972. The molecule has 9 aromatic carbocycles. The molecule has 402 valence electrons. The van der Waals surface area contributed by atoms with Gasteiger partial charge in [-0.25, -0.2) is 0 Å². The van der Waals surface area contributed by atoms with Crippen LogP contribution in [0.3, 0.4) is 0 Å². The van der Waals surface area contributed by atoms with Crippen LogP contribution in [0, 0.1) is 73.0 Å². The summed E-state index contributed by atoms with van der Waals surface area (Å²) in [4.78, 5) is 30.2. The Morgan fingerprint density at radius 2 is 0.651 bits per heavy atom. The maximum absolute atomic E-state index is 14.3. The Morgan fingerprint density at radius 1 is 0.360 bits per heavy atom. The van der Waals surface area contributed by atoms with E-state index in [1.165, 1.54) is 0 Å². The third-order valence-corrected chi connectivity index (χ3v) is 20.2. The van der Waals surface area contributed by atoms with Crippen molar-refractivity contribution in [1.82, 2.24) is 0 Å². The van der Waals surface area contributed by atoms with Crippen molar-refractivity contribution < 1.29 is 9.59 Å². The van der Waals surface area contributed by atoms with Gasteiger partial charge in [0.1, 0.15) is 35.4 Å². The third-order valence-electron chi connectivity index (χ3n) is 18.1. The molecule has 2 aromatic heterocycles. The van der Waals surface area contributed by atoms with E-state index < -0.39 is 10.8 Å². The number of carbonyl (C=O) groups excluding carboxylic acids is 2. The molecule has 0 atom stereocenters. The molecule has 15 rings (SSSR count). The van der Waals surface area contributed by atoms with Crippen LogP contribution in [-0.2, 0) is 10.8 Å². The fourth-order valence-electron chi connectivity index (χ4n) is 14.1. The summed E-state index contributed by atoms with van der Waals surface area (Å²) < 4.78 is 2.06. The first kappa shape index (κ1) is 52.0. The monoisotopic (exact) mass is 1130 g/mol. The van der Waals surface area contributed by atoms with Crippen molar-refractivity contribution >= 4 is 77.7 Å². The van der Waals surface area contributed by atoms with Gasteiger partial charge in [-0.3, -0.25) is 9.59 Å². The lowest BCUT2D eigenvalue weighted by Gasteiger charge is -2.36. The van der Waals surface area contributed by atoms with Crippen molar-refractivity contribution in [2.24, 2.45) is 0 Å². The van der Waals surface area contributed by atoms with Gasteiger partial charge in [-0.2, -0.15) is 21.0 Å². The molecule has 4 aliphatic carbocycles. The van der Waals surface area contributed by atoms with Crippen LogP contribution in [0.4, 0.5) is 0 Å². The van der Waals surface area contributed by atoms with Crippen LogP contribution in [0.5, 0.6) is 0 Å². The van der Waals surface area contributed by atoms with E-state index in [1.54, 1.807) is 59.1 Å². The molecule has 0 aliphatic heterocycles. The van der Waals surface area contributed by atoms with Gasteiger partial charge in [0.15, 0.2) is 11.6 Å². The Balaban J connectivity index is 1.02. The number of carbonyl (C=O) groups is 2. The number of rotatable bonds is 6. The van der Waals surface area contributed by atoms with Gasteiger partial charge in [0.25, 0.3) is 0 Å². The summed E-state index contributed by atoms with van der Waals surface area (Å²) in [6.45, 7) is 8.49. The van der Waals surface area contributed by atoms with Gasteiger partial charge in [0.05, 0.1) is 10.8 Å². The number of nitriles is 4. The number of fused-ring (bicyclic) bond motifs is 10. The van der Waals surface area contributed by atoms with Crippen molar-refractivity contribution in [2.75, 3.05) is 0 Å². The topological polar surface area (TPSA) is 129 Å². The fraction of sp³-hybridized carbons (Fsp3) is 0.0769. The van der Waals surface area contributed by atoms with Crippen LogP contribution in [0.15, 0.2) is 216 Å². The van der Waals surface area contributed by atoms with E-state index in [0.717, 1.165) is 119 Å². The molecule has 0 spiro atoms. The second kappa shape index (κ2) is 19.4. The number of aryl methyl sites for hydroxylation is 4. The van der Waals surface area contributed by atoms with E-state index in [1.807, 2.05) is 24.3 Å². The van der Waals surface area contributed by atoms with Crippen molar-refractivity contribution in [3.8, 4) is 46.5 Å². The summed E-state index contributed by atoms with van der Waals surface area (Å²) in [5, 5.41) is 42.8. The maximum Gasteiger partial charge on any atom is 0.194 e. The van der Waals surface area contributed by atoms with E-state index >= 15 is 0 Å². The number of allylic oxidation sites excluding steroid dienone is 6. The van der Waals surface area contributed by atoms with Crippen molar-refractivity contribution in [3.63, 3.8) is 0 Å². The maximum atomic E-state index is 14.3. The average molecular weight is 1140 g/mol. The summed E-state index contributed by atoms with van der Waals surface area (Å²) in [5.74, 6) is -0.429. The van der Waals surface area contributed by atoms with Gasteiger partial charge >= 0.3 is 0 Å². The minimum Gasteiger partial charge on any atom is -0.289 e. The number of nitrogens with zero attached hydrogens (tertiary/aromatic N) is 4. The molecule has 0 N–H and O–H groups in total. The Labute approximate surface area is 505 Å². The van der Waals surface area contributed by atoms with Crippen molar-refractivity contribution in [2.45, 2.75) is 38.5 Å². The first-order valence-electron chi connectivity index (χ1n) is 28.3. The molecular weight excluding hydrogens is 1090 g/mol. The quantitative estimate of drug-likeness (QED) is 0.120. The van der Waals surface area contributed by atoms with Gasteiger partial charge in [0, 0.05) is 52.6 Å². The van der Waals surface area contributed by atoms with Crippen LogP contribution >= 0.6 is 22.7 Å². The van der Waals surface area contributed by atoms with E-state index in [9.17, 15) is 30.6 Å². The Morgan fingerprint density at radius 3 is 0.965 bits per heavy atom. The molecule has 11 aromatic rings. The predicted molar refractivity (Wildman–Crippen MR) is 345 cm³/mol. The Bertz CT molecular complexity index is 4750. The first-order valence-corrected chi connectivity index (χ1v) is 30.0. The van der Waals surface area contributed by atoms with Crippen LogP contribution < -0.4 is 0 Å². The summed E-state index contributed by atoms with van der Waals surface area (Å²) in [6, 6.07) is 77.1. The smallest absolute Gasteiger partial charge is 0.194 e. The third kappa shape index (κ3) is 7.38. The summed E-state index contributed by atoms with van der Waals surface area (Å²) in [7, 11) is 0. The van der Waals surface area contributed by atoms with Crippen LogP contribution in [0.1, 0.15) is 108 Å². The number of thiophene rings is 2. The number of hydrogen-bond donors (Lipinski definition) is 0. The average Bonchev–Trinajstić information content (AvgIpc) is 1.50. The predicted octanol–water partition coefficient (Wildman–Crippen LogP) is 18.2. The highest BCUT2D eigenvalue weighted by molar-refractivity contribution is 7.20. The highest BCUT2D eigenvalue weighted by Crippen LogP contribution is 2.64. The summed E-state index contributed by atoms with van der Waals surface area (Å²) in [5.41, 5.74) is 19.7. The molecule has 0 saturated carbocycles. The van der Waals surface area contributed by atoms with Crippen LogP contribution in [-0.4, -0.2) is 11.6 Å². The van der Waals surface area contributed by atoms with E-state index in [4.69, 9.17) is 0 Å². The van der Waals surface area contributed by atoms with Gasteiger partial charge in [0.2, 0.25) is 0 Å². The number of ketones is 2. The molecule has 0 fully saturated rings. The normalized spacial score (nSPS) is 15.4. The Hall–Kier alpha value is -10.8. The molecule has 0 bridgehead atoms.